The van der Waals surface area contributed by atoms with Crippen molar-refractivity contribution < 1.29 is 14.3 Å². The zero-order valence-electron chi connectivity index (χ0n) is 13.8. The van der Waals surface area contributed by atoms with Crippen molar-refractivity contribution >= 4 is 12.0 Å². The summed E-state index contributed by atoms with van der Waals surface area (Å²) >= 11 is 0. The van der Waals surface area contributed by atoms with Gasteiger partial charge in [-0.1, -0.05) is 0 Å². The summed E-state index contributed by atoms with van der Waals surface area (Å²) < 4.78 is 4.95. The molecule has 3 saturated heterocycles. The number of likely N-dealkylation sites (tertiary alicyclic amines) is 1. The third-order valence-electron chi connectivity index (χ3n) is 5.42. The van der Waals surface area contributed by atoms with E-state index in [4.69, 9.17) is 4.74 Å². The molecule has 0 radical (unpaired) electrons. The lowest BCUT2D eigenvalue weighted by atomic mass is 10.0. The van der Waals surface area contributed by atoms with Crippen molar-refractivity contribution in [3.05, 3.63) is 0 Å². The number of amides is 2. The van der Waals surface area contributed by atoms with Gasteiger partial charge >= 0.3 is 12.0 Å². The molecule has 0 aromatic heterocycles. The molecule has 3 heterocycles. The van der Waals surface area contributed by atoms with Crippen LogP contribution in [0.15, 0.2) is 0 Å². The van der Waals surface area contributed by atoms with E-state index in [0.29, 0.717) is 12.5 Å². The van der Waals surface area contributed by atoms with E-state index in [1.54, 1.807) is 0 Å². The van der Waals surface area contributed by atoms with E-state index in [9.17, 15) is 9.59 Å². The number of hydrogen-bond donors (Lipinski definition) is 0. The molecule has 0 aromatic carbocycles. The quantitative estimate of drug-likeness (QED) is 0.738. The molecule has 0 saturated carbocycles. The second-order valence-electron chi connectivity index (χ2n) is 7.00. The van der Waals surface area contributed by atoms with E-state index in [1.165, 1.54) is 13.5 Å². The monoisotopic (exact) mass is 309 g/mol. The molecule has 3 rings (SSSR count). The first-order valence-electron chi connectivity index (χ1n) is 8.43. The van der Waals surface area contributed by atoms with Crippen molar-refractivity contribution in [1.82, 2.24) is 14.7 Å². The molecular formula is C16H27N3O3. The van der Waals surface area contributed by atoms with Gasteiger partial charge in [-0.15, -0.1) is 0 Å². The standard InChI is InChI=1S/C16H27N3O3/c1-11(2)18-10-13(8-14(18)15(20)22-3)19-9-12-6-4-5-7-17(12)16(19)21/h11-14H,4-10H2,1-3H3/t12-,13-,14+/m0/s1. The maximum absolute atomic E-state index is 12.7. The van der Waals surface area contributed by atoms with Gasteiger partial charge in [0.2, 0.25) is 0 Å². The molecule has 2 amide bonds. The predicted molar refractivity (Wildman–Crippen MR) is 82.5 cm³/mol. The molecule has 3 atom stereocenters. The highest BCUT2D eigenvalue weighted by atomic mass is 16.5. The van der Waals surface area contributed by atoms with Crippen LogP contribution in [-0.4, -0.2) is 77.6 Å². The number of urea groups is 1. The molecule has 0 spiro atoms. The van der Waals surface area contributed by atoms with Crippen LogP contribution in [0, 0.1) is 0 Å². The molecule has 0 N–H and O–H groups in total. The van der Waals surface area contributed by atoms with Crippen molar-refractivity contribution in [1.29, 1.82) is 0 Å². The highest BCUT2D eigenvalue weighted by Crippen LogP contribution is 2.32. The van der Waals surface area contributed by atoms with Crippen LogP contribution in [-0.2, 0) is 9.53 Å². The molecule has 22 heavy (non-hydrogen) atoms. The Morgan fingerprint density at radius 1 is 1.18 bits per heavy atom. The lowest BCUT2D eigenvalue weighted by molar-refractivity contribution is -0.146. The Morgan fingerprint density at radius 3 is 2.59 bits per heavy atom. The van der Waals surface area contributed by atoms with Crippen LogP contribution in [0.5, 0.6) is 0 Å². The molecule has 0 unspecified atom stereocenters. The summed E-state index contributed by atoms with van der Waals surface area (Å²) in [5, 5.41) is 0. The van der Waals surface area contributed by atoms with E-state index in [0.717, 1.165) is 32.5 Å². The van der Waals surface area contributed by atoms with Crippen LogP contribution >= 0.6 is 0 Å². The minimum Gasteiger partial charge on any atom is -0.468 e. The largest absolute Gasteiger partial charge is 0.468 e. The van der Waals surface area contributed by atoms with Crippen molar-refractivity contribution in [2.45, 2.75) is 63.7 Å². The number of carbonyl (C=O) groups is 2. The number of hydrogen-bond acceptors (Lipinski definition) is 4. The van der Waals surface area contributed by atoms with Crippen LogP contribution in [0.3, 0.4) is 0 Å². The minimum atomic E-state index is -0.222. The lowest BCUT2D eigenvalue weighted by Crippen LogP contribution is -2.43. The summed E-state index contributed by atoms with van der Waals surface area (Å²) in [6, 6.07) is 0.731. The Bertz CT molecular complexity index is 454. The Hall–Kier alpha value is -1.30. The Kier molecular flexibility index (Phi) is 4.30. The maximum Gasteiger partial charge on any atom is 0.323 e. The molecule has 3 aliphatic heterocycles. The Balaban J connectivity index is 1.73. The minimum absolute atomic E-state index is 0.129. The number of ether oxygens (including phenoxy) is 1. The number of piperidine rings is 1. The lowest BCUT2D eigenvalue weighted by Gasteiger charge is -2.28. The van der Waals surface area contributed by atoms with Crippen molar-refractivity contribution in [2.75, 3.05) is 26.7 Å². The summed E-state index contributed by atoms with van der Waals surface area (Å²) in [6.07, 6.45) is 4.14. The Morgan fingerprint density at radius 2 is 1.95 bits per heavy atom. The fraction of sp³-hybridized carbons (Fsp3) is 0.875. The fourth-order valence-electron chi connectivity index (χ4n) is 4.22. The topological polar surface area (TPSA) is 53.1 Å². The highest BCUT2D eigenvalue weighted by molar-refractivity contribution is 5.79. The molecule has 6 heteroatoms. The summed E-state index contributed by atoms with van der Waals surface area (Å²) in [6.45, 7) is 6.66. The number of fused-ring (bicyclic) bond motifs is 1. The normalized spacial score (nSPS) is 32.7. The van der Waals surface area contributed by atoms with E-state index in [2.05, 4.69) is 18.7 Å². The van der Waals surface area contributed by atoms with Crippen LogP contribution in [0.1, 0.15) is 39.5 Å². The van der Waals surface area contributed by atoms with E-state index in [1.807, 2.05) is 9.80 Å². The molecule has 0 aliphatic carbocycles. The fourth-order valence-corrected chi connectivity index (χ4v) is 4.22. The SMILES string of the molecule is COC(=O)[C@H]1C[C@H](N2C[C@@H]3CCCCN3C2=O)CN1C(C)C. The van der Waals surface area contributed by atoms with Gasteiger partial charge in [0.05, 0.1) is 13.2 Å². The first-order valence-corrected chi connectivity index (χ1v) is 8.43. The van der Waals surface area contributed by atoms with Gasteiger partial charge in [-0.3, -0.25) is 9.69 Å². The van der Waals surface area contributed by atoms with Gasteiger partial charge in [-0.25, -0.2) is 4.79 Å². The zero-order valence-corrected chi connectivity index (χ0v) is 13.8. The van der Waals surface area contributed by atoms with Gasteiger partial charge < -0.3 is 14.5 Å². The van der Waals surface area contributed by atoms with Crippen molar-refractivity contribution in [2.24, 2.45) is 0 Å². The first-order chi connectivity index (χ1) is 10.5. The Labute approximate surface area is 132 Å². The predicted octanol–water partition coefficient (Wildman–Crippen LogP) is 1.30. The van der Waals surface area contributed by atoms with E-state index >= 15 is 0 Å². The molecule has 0 bridgehead atoms. The number of esters is 1. The average Bonchev–Trinajstić information content (AvgIpc) is 3.09. The van der Waals surface area contributed by atoms with Crippen LogP contribution in [0.25, 0.3) is 0 Å². The molecular weight excluding hydrogens is 282 g/mol. The van der Waals surface area contributed by atoms with Crippen LogP contribution in [0.4, 0.5) is 4.79 Å². The van der Waals surface area contributed by atoms with Crippen molar-refractivity contribution in [3.8, 4) is 0 Å². The van der Waals surface area contributed by atoms with E-state index in [-0.39, 0.29) is 30.1 Å². The number of rotatable bonds is 3. The summed E-state index contributed by atoms with van der Waals surface area (Å²) in [7, 11) is 1.44. The molecule has 3 aliphatic rings. The first kappa shape index (κ1) is 15.6. The molecule has 6 nitrogen and oxygen atoms in total. The maximum atomic E-state index is 12.7. The van der Waals surface area contributed by atoms with Gasteiger partial charge in [0, 0.05) is 31.7 Å². The van der Waals surface area contributed by atoms with Gasteiger partial charge in [0.15, 0.2) is 0 Å². The van der Waals surface area contributed by atoms with Crippen LogP contribution < -0.4 is 0 Å². The number of methoxy groups -OCH3 is 1. The second-order valence-corrected chi connectivity index (χ2v) is 7.00. The molecule has 124 valence electrons. The van der Waals surface area contributed by atoms with E-state index < -0.39 is 0 Å². The third-order valence-corrected chi connectivity index (χ3v) is 5.42. The average molecular weight is 309 g/mol. The van der Waals surface area contributed by atoms with Gasteiger partial charge in [-0.05, 0) is 39.5 Å². The third kappa shape index (κ3) is 2.57. The smallest absolute Gasteiger partial charge is 0.323 e. The number of nitrogens with zero attached hydrogens (tertiary/aromatic N) is 3. The zero-order chi connectivity index (χ0) is 15.9. The number of carbonyl (C=O) groups excluding carboxylic acids is 2. The second kappa shape index (κ2) is 6.07. The summed E-state index contributed by atoms with van der Waals surface area (Å²) in [5.74, 6) is -0.180. The van der Waals surface area contributed by atoms with Gasteiger partial charge in [-0.2, -0.15) is 0 Å². The van der Waals surface area contributed by atoms with Gasteiger partial charge in [0.25, 0.3) is 0 Å². The van der Waals surface area contributed by atoms with Crippen LogP contribution in [0.2, 0.25) is 0 Å². The van der Waals surface area contributed by atoms with Crippen molar-refractivity contribution in [3.63, 3.8) is 0 Å². The summed E-state index contributed by atoms with van der Waals surface area (Å²) in [4.78, 5) is 30.9. The summed E-state index contributed by atoms with van der Waals surface area (Å²) in [5.41, 5.74) is 0. The highest BCUT2D eigenvalue weighted by Gasteiger charge is 2.47. The van der Waals surface area contributed by atoms with Gasteiger partial charge in [0.1, 0.15) is 6.04 Å². The molecule has 3 fully saturated rings. The molecule has 0 aromatic rings.